The van der Waals surface area contributed by atoms with Gasteiger partial charge in [-0.1, -0.05) is 34.6 Å². The molecule has 3 unspecified atom stereocenters. The van der Waals surface area contributed by atoms with Crippen molar-refractivity contribution in [3.05, 3.63) is 0 Å². The number of hydrogen-bond acceptors (Lipinski definition) is 8. The van der Waals surface area contributed by atoms with Crippen LogP contribution in [0.2, 0.25) is 6.04 Å². The molecule has 0 aromatic carbocycles. The highest BCUT2D eigenvalue weighted by molar-refractivity contribution is 6.60. The average molecular weight is 525 g/mol. The minimum Gasteiger partial charge on any atom is -0.466 e. The Hall–Kier alpha value is -1.53. The summed E-state index contributed by atoms with van der Waals surface area (Å²) in [7, 11) is 2.31. The van der Waals surface area contributed by atoms with Gasteiger partial charge < -0.3 is 34.2 Å². The molecule has 11 heteroatoms. The zero-order valence-electron chi connectivity index (χ0n) is 23.7. The summed E-state index contributed by atoms with van der Waals surface area (Å²) in [6.45, 7) is 14.0. The van der Waals surface area contributed by atoms with Crippen LogP contribution in [0.15, 0.2) is 0 Å². The summed E-state index contributed by atoms with van der Waals surface area (Å²) in [5, 5.41) is 11.5. The number of hydrogen-bond donors (Lipinski definition) is 3. The van der Waals surface area contributed by atoms with Gasteiger partial charge >= 0.3 is 14.8 Å². The molecule has 0 fully saturated rings. The number of carbonyl (C=O) groups is 3. The highest BCUT2D eigenvalue weighted by Crippen LogP contribution is 2.18. The van der Waals surface area contributed by atoms with E-state index in [0.29, 0.717) is 25.6 Å². The van der Waals surface area contributed by atoms with Crippen LogP contribution in [0.3, 0.4) is 0 Å². The number of aliphatic hydroxyl groups is 1. The quantitative estimate of drug-likeness (QED) is 0.168. The molecule has 0 spiro atoms. The van der Waals surface area contributed by atoms with Crippen molar-refractivity contribution >= 4 is 26.6 Å². The first kappa shape index (κ1) is 38.0. The van der Waals surface area contributed by atoms with Crippen molar-refractivity contribution in [2.75, 3.05) is 41.1 Å². The normalized spacial score (nSPS) is 14.1. The number of amides is 2. The minimum atomic E-state index is -2.48. The molecule has 0 aliphatic carbocycles. The van der Waals surface area contributed by atoms with Gasteiger partial charge in [0.05, 0.1) is 24.5 Å². The Kier molecular flexibility index (Phi) is 23.6. The van der Waals surface area contributed by atoms with Crippen molar-refractivity contribution in [1.29, 1.82) is 0 Å². The van der Waals surface area contributed by atoms with Crippen LogP contribution < -0.4 is 11.1 Å². The summed E-state index contributed by atoms with van der Waals surface area (Å²) in [4.78, 5) is 32.8. The predicted molar refractivity (Wildman–Crippen MR) is 139 cm³/mol. The number of aliphatic hydroxyl groups excluding tert-OH is 1. The fourth-order valence-electron chi connectivity index (χ4n) is 2.25. The molecule has 0 bridgehead atoms. The summed E-state index contributed by atoms with van der Waals surface area (Å²) in [5.74, 6) is -0.284. The monoisotopic (exact) mass is 524 g/mol. The van der Waals surface area contributed by atoms with E-state index in [2.05, 4.69) is 5.32 Å². The SMILES string of the molecule is CCC(C)(CO)C(N)=O.CCC(C)C(=O)NCCC[Si](OC)(OC)OC.CCOC(=O)C(C)CC. The first-order valence-electron chi connectivity index (χ1n) is 12.3. The molecule has 0 aromatic heterocycles. The summed E-state index contributed by atoms with van der Waals surface area (Å²) in [6.07, 6.45) is 3.10. The van der Waals surface area contributed by atoms with Gasteiger partial charge in [0.1, 0.15) is 0 Å². The molecule has 0 saturated carbocycles. The Labute approximate surface area is 214 Å². The number of carbonyl (C=O) groups excluding carboxylic acids is 3. The first-order valence-corrected chi connectivity index (χ1v) is 14.3. The molecule has 3 atom stereocenters. The third-order valence-corrected chi connectivity index (χ3v) is 8.81. The highest BCUT2D eigenvalue weighted by Gasteiger charge is 2.36. The number of nitrogens with two attached hydrogens (primary N) is 1. The van der Waals surface area contributed by atoms with Gasteiger partial charge in [0.25, 0.3) is 0 Å². The van der Waals surface area contributed by atoms with E-state index in [1.165, 1.54) is 0 Å². The molecule has 2 amide bonds. The van der Waals surface area contributed by atoms with Crippen LogP contribution in [0, 0.1) is 17.3 Å². The second-order valence-corrected chi connectivity index (χ2v) is 11.6. The van der Waals surface area contributed by atoms with Gasteiger partial charge in [0, 0.05) is 39.8 Å². The number of rotatable bonds is 15. The standard InChI is InChI=1S/C11H25NO4Si.C7H14O2.C6H13NO2/c1-6-10(2)11(13)12-8-7-9-17(14-3,15-4)16-5;1-4-6(3)7(8)9-5-2;1-3-6(2,4-8)5(7)9/h10H,6-9H2,1-5H3,(H,12,13);6H,4-5H2,1-3H3;8H,3-4H2,1-2H3,(H2,7,9). The Morgan fingerprint density at radius 3 is 1.74 bits per heavy atom. The molecular formula is C24H52N2O8Si. The van der Waals surface area contributed by atoms with E-state index in [-0.39, 0.29) is 30.3 Å². The van der Waals surface area contributed by atoms with E-state index in [1.807, 2.05) is 41.5 Å². The third-order valence-electron chi connectivity index (χ3n) is 5.98. The van der Waals surface area contributed by atoms with Crippen molar-refractivity contribution in [3.63, 3.8) is 0 Å². The lowest BCUT2D eigenvalue weighted by atomic mass is 9.88. The second-order valence-electron chi connectivity index (χ2n) is 8.50. The number of primary amides is 1. The highest BCUT2D eigenvalue weighted by atomic mass is 28.4. The molecule has 4 N–H and O–H groups in total. The molecule has 10 nitrogen and oxygen atoms in total. The maximum atomic E-state index is 11.5. The van der Waals surface area contributed by atoms with Crippen LogP contribution in [0.5, 0.6) is 0 Å². The van der Waals surface area contributed by atoms with Crippen LogP contribution in [0.25, 0.3) is 0 Å². The van der Waals surface area contributed by atoms with Gasteiger partial charge in [-0.15, -0.1) is 0 Å². The summed E-state index contributed by atoms with van der Waals surface area (Å²) in [5.41, 5.74) is 4.27. The van der Waals surface area contributed by atoms with Crippen LogP contribution >= 0.6 is 0 Å². The van der Waals surface area contributed by atoms with Crippen molar-refractivity contribution in [2.24, 2.45) is 23.0 Å². The molecular weight excluding hydrogens is 472 g/mol. The van der Waals surface area contributed by atoms with Crippen molar-refractivity contribution in [2.45, 2.75) is 80.2 Å². The van der Waals surface area contributed by atoms with Gasteiger partial charge in [0.2, 0.25) is 11.8 Å². The second kappa shape index (κ2) is 21.7. The zero-order chi connectivity index (χ0) is 28.1. The maximum absolute atomic E-state index is 11.5. The van der Waals surface area contributed by atoms with Gasteiger partial charge in [0.15, 0.2) is 0 Å². The minimum absolute atomic E-state index is 0.0601. The van der Waals surface area contributed by atoms with Crippen molar-refractivity contribution in [3.8, 4) is 0 Å². The van der Waals surface area contributed by atoms with E-state index >= 15 is 0 Å². The fourth-order valence-corrected chi connectivity index (χ4v) is 3.97. The van der Waals surface area contributed by atoms with Crippen LogP contribution in [0.1, 0.15) is 74.1 Å². The molecule has 0 radical (unpaired) electrons. The summed E-state index contributed by atoms with van der Waals surface area (Å²) >= 11 is 0. The third kappa shape index (κ3) is 16.7. The molecule has 0 aliphatic heterocycles. The van der Waals surface area contributed by atoms with E-state index < -0.39 is 20.1 Å². The molecule has 0 aromatic rings. The smallest absolute Gasteiger partial charge is 0.466 e. The Morgan fingerprint density at radius 2 is 1.46 bits per heavy atom. The summed E-state index contributed by atoms with van der Waals surface area (Å²) < 4.78 is 20.6. The molecule has 0 heterocycles. The van der Waals surface area contributed by atoms with Gasteiger partial charge in [-0.3, -0.25) is 14.4 Å². The van der Waals surface area contributed by atoms with Crippen LogP contribution in [0.4, 0.5) is 0 Å². The van der Waals surface area contributed by atoms with Crippen molar-refractivity contribution in [1.82, 2.24) is 5.32 Å². The van der Waals surface area contributed by atoms with Crippen molar-refractivity contribution < 1.29 is 37.5 Å². The first-order chi connectivity index (χ1) is 16.3. The average Bonchev–Trinajstić information content (AvgIpc) is 2.88. The maximum Gasteiger partial charge on any atom is 0.500 e. The van der Waals surface area contributed by atoms with E-state index in [9.17, 15) is 14.4 Å². The molecule has 35 heavy (non-hydrogen) atoms. The lowest BCUT2D eigenvalue weighted by Gasteiger charge is -2.24. The molecule has 0 saturated heterocycles. The number of nitrogens with one attached hydrogen (secondary N) is 1. The van der Waals surface area contributed by atoms with Gasteiger partial charge in [-0.2, -0.15) is 0 Å². The Bertz CT molecular complexity index is 559. The topological polar surface area (TPSA) is 146 Å². The zero-order valence-corrected chi connectivity index (χ0v) is 24.7. The predicted octanol–water partition coefficient (Wildman–Crippen LogP) is 2.89. The van der Waals surface area contributed by atoms with E-state index in [1.54, 1.807) is 28.3 Å². The van der Waals surface area contributed by atoms with Crippen LogP contribution in [-0.4, -0.2) is 72.8 Å². The summed E-state index contributed by atoms with van der Waals surface area (Å²) in [6, 6.07) is 0.706. The Balaban J connectivity index is -0.000000481. The molecule has 0 aliphatic rings. The lowest BCUT2D eigenvalue weighted by Crippen LogP contribution is -2.43. The van der Waals surface area contributed by atoms with E-state index in [0.717, 1.165) is 19.3 Å². The van der Waals surface area contributed by atoms with Gasteiger partial charge in [-0.05, 0) is 39.5 Å². The number of esters is 1. The van der Waals surface area contributed by atoms with Gasteiger partial charge in [-0.25, -0.2) is 0 Å². The fraction of sp³-hybridized carbons (Fsp3) is 0.875. The number of ether oxygens (including phenoxy) is 1. The van der Waals surface area contributed by atoms with Crippen LogP contribution in [-0.2, 0) is 32.4 Å². The Morgan fingerprint density at radius 1 is 0.971 bits per heavy atom. The molecule has 0 rings (SSSR count). The lowest BCUT2D eigenvalue weighted by molar-refractivity contribution is -0.147. The van der Waals surface area contributed by atoms with E-state index in [4.69, 9.17) is 28.9 Å². The molecule has 210 valence electrons. The largest absolute Gasteiger partial charge is 0.500 e.